The smallest absolute Gasteiger partial charge is 0.341 e. The zero-order valence-electron chi connectivity index (χ0n) is 14.0. The van der Waals surface area contributed by atoms with Crippen molar-refractivity contribution >= 4 is 12.2 Å². The third-order valence-electron chi connectivity index (χ3n) is 4.67. The van der Waals surface area contributed by atoms with E-state index in [9.17, 15) is 4.79 Å². The molecule has 4 rings (SSSR count). The molecule has 0 radical (unpaired) electrons. The lowest BCUT2D eigenvalue weighted by Gasteiger charge is -2.27. The lowest BCUT2D eigenvalue weighted by Crippen LogP contribution is -2.40. The molecule has 1 fully saturated rings. The number of hydrogen-bond acceptors (Lipinski definition) is 3. The van der Waals surface area contributed by atoms with Gasteiger partial charge in [-0.3, -0.25) is 0 Å². The number of hydrazone groups is 1. The Morgan fingerprint density at radius 1 is 1.04 bits per heavy atom. The van der Waals surface area contributed by atoms with Crippen molar-refractivity contribution in [3.05, 3.63) is 66.2 Å². The molecule has 0 N–H and O–H groups in total. The van der Waals surface area contributed by atoms with E-state index in [0.29, 0.717) is 13.1 Å². The van der Waals surface area contributed by atoms with Crippen LogP contribution >= 0.6 is 0 Å². The van der Waals surface area contributed by atoms with Gasteiger partial charge in [0.05, 0.1) is 12.6 Å². The fraction of sp³-hybridized carbons (Fsp3) is 0.300. The van der Waals surface area contributed by atoms with Crippen LogP contribution in [0.15, 0.2) is 65.8 Å². The number of urea groups is 1. The van der Waals surface area contributed by atoms with Gasteiger partial charge in [-0.15, -0.1) is 0 Å². The minimum atomic E-state index is -0.0400. The van der Waals surface area contributed by atoms with Gasteiger partial charge in [-0.05, 0) is 17.7 Å². The van der Waals surface area contributed by atoms with Crippen molar-refractivity contribution in [1.82, 2.24) is 9.91 Å². The van der Waals surface area contributed by atoms with E-state index in [0.717, 1.165) is 24.2 Å². The Kier molecular flexibility index (Phi) is 4.37. The molecule has 2 aromatic carbocycles. The van der Waals surface area contributed by atoms with E-state index in [4.69, 9.17) is 4.74 Å². The molecule has 0 aromatic heterocycles. The molecule has 2 aliphatic heterocycles. The highest BCUT2D eigenvalue weighted by Gasteiger charge is 2.35. The Morgan fingerprint density at radius 2 is 1.76 bits per heavy atom. The van der Waals surface area contributed by atoms with Crippen molar-refractivity contribution in [2.75, 3.05) is 13.1 Å². The minimum absolute atomic E-state index is 0.0113. The van der Waals surface area contributed by atoms with Crippen molar-refractivity contribution in [3.63, 3.8) is 0 Å². The zero-order valence-corrected chi connectivity index (χ0v) is 14.0. The van der Waals surface area contributed by atoms with E-state index in [1.165, 1.54) is 0 Å². The molecule has 5 nitrogen and oxygen atoms in total. The maximum Gasteiger partial charge on any atom is 0.341 e. The second-order valence-electron chi connectivity index (χ2n) is 6.37. The number of hydrogen-bond donors (Lipinski definition) is 0. The van der Waals surface area contributed by atoms with Gasteiger partial charge in [0.1, 0.15) is 11.9 Å². The molecule has 1 saturated heterocycles. The van der Waals surface area contributed by atoms with Crippen LogP contribution in [0.25, 0.3) is 0 Å². The van der Waals surface area contributed by atoms with E-state index in [-0.39, 0.29) is 18.2 Å². The first-order valence-corrected chi connectivity index (χ1v) is 8.68. The Hall–Kier alpha value is -2.82. The van der Waals surface area contributed by atoms with Crippen LogP contribution in [-0.2, 0) is 0 Å². The summed E-state index contributed by atoms with van der Waals surface area (Å²) in [4.78, 5) is 14.8. The predicted molar refractivity (Wildman–Crippen MR) is 96.6 cm³/mol. The van der Waals surface area contributed by atoms with Crippen molar-refractivity contribution in [2.24, 2.45) is 5.10 Å². The molecule has 0 saturated carbocycles. The summed E-state index contributed by atoms with van der Waals surface area (Å²) in [7, 11) is 0. The number of amides is 2. The molecular formula is C20H21N3O2. The highest BCUT2D eigenvalue weighted by atomic mass is 16.5. The summed E-state index contributed by atoms with van der Waals surface area (Å²) < 4.78 is 5.98. The highest BCUT2D eigenvalue weighted by molar-refractivity contribution is 5.78. The molecule has 2 aromatic rings. The Bertz CT molecular complexity index is 748. The molecule has 2 amide bonds. The molecule has 2 aliphatic rings. The van der Waals surface area contributed by atoms with Crippen LogP contribution in [0.2, 0.25) is 0 Å². The Morgan fingerprint density at radius 3 is 2.52 bits per heavy atom. The molecule has 0 aliphatic carbocycles. The van der Waals surface area contributed by atoms with E-state index in [2.05, 4.69) is 5.10 Å². The molecule has 25 heavy (non-hydrogen) atoms. The van der Waals surface area contributed by atoms with Crippen molar-refractivity contribution in [3.8, 4) is 5.75 Å². The average Bonchev–Trinajstić information content (AvgIpc) is 3.32. The second-order valence-corrected chi connectivity index (χ2v) is 6.37. The summed E-state index contributed by atoms with van der Waals surface area (Å²) in [6.45, 7) is 1.30. The number of nitrogens with zero attached hydrogens (tertiary/aromatic N) is 3. The standard InChI is InChI=1S/C20H21N3O2/c24-20(23-19(11-13-21-23)16-7-3-1-4-8-16)22-14-12-18(15-22)25-17-9-5-2-6-10-17/h1-10,13,18-19H,11-12,14-15H2. The molecule has 2 atom stereocenters. The van der Waals surface area contributed by atoms with Gasteiger partial charge < -0.3 is 9.64 Å². The van der Waals surface area contributed by atoms with E-state index >= 15 is 0 Å². The summed E-state index contributed by atoms with van der Waals surface area (Å²) >= 11 is 0. The zero-order chi connectivity index (χ0) is 17.1. The average molecular weight is 335 g/mol. The Balaban J connectivity index is 1.40. The van der Waals surface area contributed by atoms with E-state index in [1.807, 2.05) is 71.8 Å². The molecule has 5 heteroatoms. The molecule has 128 valence electrons. The van der Waals surface area contributed by atoms with Crippen LogP contribution < -0.4 is 4.74 Å². The fourth-order valence-electron chi connectivity index (χ4n) is 3.38. The topological polar surface area (TPSA) is 45.1 Å². The summed E-state index contributed by atoms with van der Waals surface area (Å²) in [5, 5.41) is 5.93. The van der Waals surface area contributed by atoms with Crippen LogP contribution in [0, 0.1) is 0 Å². The molecule has 0 spiro atoms. The number of benzene rings is 2. The molecular weight excluding hydrogens is 314 g/mol. The maximum atomic E-state index is 12.9. The van der Waals surface area contributed by atoms with Gasteiger partial charge in [0.15, 0.2) is 0 Å². The third kappa shape index (κ3) is 3.36. The summed E-state index contributed by atoms with van der Waals surface area (Å²) in [5.41, 5.74) is 1.12. The van der Waals surface area contributed by atoms with Crippen LogP contribution in [-0.4, -0.2) is 41.3 Å². The number of rotatable bonds is 3. The fourth-order valence-corrected chi connectivity index (χ4v) is 3.38. The number of ether oxygens (including phenoxy) is 1. The van der Waals surface area contributed by atoms with Crippen molar-refractivity contribution < 1.29 is 9.53 Å². The van der Waals surface area contributed by atoms with Gasteiger partial charge in [-0.2, -0.15) is 5.10 Å². The van der Waals surface area contributed by atoms with Gasteiger partial charge in [0.25, 0.3) is 0 Å². The van der Waals surface area contributed by atoms with Gasteiger partial charge in [0.2, 0.25) is 0 Å². The van der Waals surface area contributed by atoms with Gasteiger partial charge >= 0.3 is 6.03 Å². The summed E-state index contributed by atoms with van der Waals surface area (Å²) in [5.74, 6) is 0.850. The lowest BCUT2D eigenvalue weighted by molar-refractivity contribution is 0.142. The highest BCUT2D eigenvalue weighted by Crippen LogP contribution is 2.30. The summed E-state index contributed by atoms with van der Waals surface area (Å²) in [6, 6.07) is 19.8. The van der Waals surface area contributed by atoms with Crippen molar-refractivity contribution in [2.45, 2.75) is 25.0 Å². The number of carbonyl (C=O) groups excluding carboxylic acids is 1. The predicted octanol–water partition coefficient (Wildman–Crippen LogP) is 3.69. The van der Waals surface area contributed by atoms with Crippen LogP contribution in [0.3, 0.4) is 0 Å². The van der Waals surface area contributed by atoms with Crippen LogP contribution in [0.1, 0.15) is 24.4 Å². The number of para-hydroxylation sites is 1. The first-order chi connectivity index (χ1) is 12.3. The molecule has 0 bridgehead atoms. The van der Waals surface area contributed by atoms with Gasteiger partial charge in [-0.1, -0.05) is 48.5 Å². The summed E-state index contributed by atoms with van der Waals surface area (Å²) in [6.07, 6.45) is 3.46. The first kappa shape index (κ1) is 15.7. The number of carbonyl (C=O) groups is 1. The molecule has 2 unspecified atom stereocenters. The van der Waals surface area contributed by atoms with Crippen LogP contribution in [0.4, 0.5) is 4.79 Å². The van der Waals surface area contributed by atoms with Crippen molar-refractivity contribution in [1.29, 1.82) is 0 Å². The molecule has 2 heterocycles. The largest absolute Gasteiger partial charge is 0.489 e. The third-order valence-corrected chi connectivity index (χ3v) is 4.67. The first-order valence-electron chi connectivity index (χ1n) is 8.68. The normalized spacial score (nSPS) is 22.4. The van der Waals surface area contributed by atoms with E-state index < -0.39 is 0 Å². The van der Waals surface area contributed by atoms with Gasteiger partial charge in [0, 0.05) is 25.6 Å². The van der Waals surface area contributed by atoms with E-state index in [1.54, 1.807) is 5.01 Å². The quantitative estimate of drug-likeness (QED) is 0.859. The second kappa shape index (κ2) is 6.97. The van der Waals surface area contributed by atoms with Crippen LogP contribution in [0.5, 0.6) is 5.75 Å². The number of likely N-dealkylation sites (tertiary alicyclic amines) is 1. The maximum absolute atomic E-state index is 12.9. The van der Waals surface area contributed by atoms with Gasteiger partial charge in [-0.25, -0.2) is 9.80 Å². The Labute approximate surface area is 147 Å². The minimum Gasteiger partial charge on any atom is -0.489 e. The monoisotopic (exact) mass is 335 g/mol. The lowest BCUT2D eigenvalue weighted by atomic mass is 10.1. The SMILES string of the molecule is O=C(N1CCC(Oc2ccccc2)C1)N1N=CCC1c1ccccc1.